The molecule has 0 radical (unpaired) electrons. The van der Waals surface area contributed by atoms with Gasteiger partial charge in [-0.1, -0.05) is 31.9 Å². The van der Waals surface area contributed by atoms with Crippen molar-refractivity contribution in [2.24, 2.45) is 5.41 Å². The number of aromatic carboxylic acids is 1. The molecular weight excluding hydrogens is 242 g/mol. The SMILES string of the molecule is CC1(CNC(=O)c2ccccc2C(=O)O)CCCC1. The quantitative estimate of drug-likeness (QED) is 0.875. The maximum atomic E-state index is 12.1. The third-order valence-corrected chi connectivity index (χ3v) is 3.89. The Morgan fingerprint density at radius 1 is 1.21 bits per heavy atom. The van der Waals surface area contributed by atoms with Gasteiger partial charge in [-0.05, 0) is 30.4 Å². The highest BCUT2D eigenvalue weighted by Gasteiger charge is 2.29. The molecule has 0 heterocycles. The van der Waals surface area contributed by atoms with Crippen molar-refractivity contribution in [1.82, 2.24) is 5.32 Å². The average molecular weight is 261 g/mol. The van der Waals surface area contributed by atoms with E-state index in [9.17, 15) is 9.59 Å². The molecule has 0 bridgehead atoms. The number of amides is 1. The van der Waals surface area contributed by atoms with E-state index in [4.69, 9.17) is 5.11 Å². The summed E-state index contributed by atoms with van der Waals surface area (Å²) < 4.78 is 0. The first-order chi connectivity index (χ1) is 9.02. The number of hydrogen-bond acceptors (Lipinski definition) is 2. The summed E-state index contributed by atoms with van der Waals surface area (Å²) in [4.78, 5) is 23.2. The van der Waals surface area contributed by atoms with Crippen LogP contribution in [0.5, 0.6) is 0 Å². The molecule has 0 aromatic heterocycles. The Bertz CT molecular complexity index is 490. The third kappa shape index (κ3) is 3.13. The lowest BCUT2D eigenvalue weighted by Gasteiger charge is -2.23. The number of hydrogen-bond donors (Lipinski definition) is 2. The predicted molar refractivity (Wildman–Crippen MR) is 72.3 cm³/mol. The molecule has 1 aliphatic rings. The van der Waals surface area contributed by atoms with E-state index in [1.54, 1.807) is 18.2 Å². The summed E-state index contributed by atoms with van der Waals surface area (Å²) >= 11 is 0. The van der Waals surface area contributed by atoms with Gasteiger partial charge in [0.15, 0.2) is 0 Å². The van der Waals surface area contributed by atoms with Gasteiger partial charge in [-0.15, -0.1) is 0 Å². The highest BCUT2D eigenvalue weighted by Crippen LogP contribution is 2.36. The Balaban J connectivity index is 2.06. The van der Waals surface area contributed by atoms with Gasteiger partial charge in [-0.25, -0.2) is 4.79 Å². The predicted octanol–water partition coefficient (Wildman–Crippen LogP) is 2.69. The van der Waals surface area contributed by atoms with E-state index in [-0.39, 0.29) is 22.4 Å². The minimum absolute atomic E-state index is 0.0524. The summed E-state index contributed by atoms with van der Waals surface area (Å²) in [6.45, 7) is 2.78. The first kappa shape index (κ1) is 13.6. The van der Waals surface area contributed by atoms with Gasteiger partial charge in [0.05, 0.1) is 11.1 Å². The first-order valence-electron chi connectivity index (χ1n) is 6.62. The van der Waals surface area contributed by atoms with Crippen molar-refractivity contribution in [3.8, 4) is 0 Å². The van der Waals surface area contributed by atoms with E-state index in [1.165, 1.54) is 18.9 Å². The second kappa shape index (κ2) is 5.43. The lowest BCUT2D eigenvalue weighted by molar-refractivity contribution is 0.0690. The van der Waals surface area contributed by atoms with Crippen LogP contribution in [0.4, 0.5) is 0 Å². The number of nitrogens with one attached hydrogen (secondary N) is 1. The van der Waals surface area contributed by atoms with Crippen molar-refractivity contribution >= 4 is 11.9 Å². The van der Waals surface area contributed by atoms with Crippen LogP contribution in [0, 0.1) is 5.41 Å². The molecule has 4 heteroatoms. The molecule has 0 saturated heterocycles. The maximum Gasteiger partial charge on any atom is 0.336 e. The second-order valence-electron chi connectivity index (χ2n) is 5.55. The Hall–Kier alpha value is -1.84. The summed E-state index contributed by atoms with van der Waals surface area (Å²) in [5.41, 5.74) is 0.446. The van der Waals surface area contributed by atoms with Crippen LogP contribution < -0.4 is 5.32 Å². The van der Waals surface area contributed by atoms with Gasteiger partial charge in [-0.2, -0.15) is 0 Å². The first-order valence-corrected chi connectivity index (χ1v) is 6.62. The smallest absolute Gasteiger partial charge is 0.336 e. The Labute approximate surface area is 112 Å². The molecule has 0 spiro atoms. The summed E-state index contributed by atoms with van der Waals surface area (Å²) in [7, 11) is 0. The molecule has 102 valence electrons. The van der Waals surface area contributed by atoms with Crippen LogP contribution in [0.25, 0.3) is 0 Å². The number of carbonyl (C=O) groups is 2. The van der Waals surface area contributed by atoms with Gasteiger partial charge in [0.2, 0.25) is 0 Å². The Kier molecular flexibility index (Phi) is 3.88. The molecule has 1 aliphatic carbocycles. The molecule has 1 amide bonds. The molecule has 1 aromatic rings. The van der Waals surface area contributed by atoms with Crippen LogP contribution in [-0.2, 0) is 0 Å². The monoisotopic (exact) mass is 261 g/mol. The molecule has 4 nitrogen and oxygen atoms in total. The van der Waals surface area contributed by atoms with Crippen molar-refractivity contribution in [3.63, 3.8) is 0 Å². The molecule has 0 atom stereocenters. The van der Waals surface area contributed by atoms with Gasteiger partial charge < -0.3 is 10.4 Å². The molecule has 0 aliphatic heterocycles. The van der Waals surface area contributed by atoms with E-state index in [1.807, 2.05) is 0 Å². The zero-order valence-electron chi connectivity index (χ0n) is 11.1. The molecule has 0 unspecified atom stereocenters. The van der Waals surface area contributed by atoms with Crippen molar-refractivity contribution in [3.05, 3.63) is 35.4 Å². The van der Waals surface area contributed by atoms with E-state index >= 15 is 0 Å². The van der Waals surface area contributed by atoms with Crippen molar-refractivity contribution in [2.45, 2.75) is 32.6 Å². The zero-order valence-corrected chi connectivity index (χ0v) is 11.1. The van der Waals surface area contributed by atoms with Crippen LogP contribution in [0.1, 0.15) is 53.3 Å². The highest BCUT2D eigenvalue weighted by atomic mass is 16.4. The maximum absolute atomic E-state index is 12.1. The van der Waals surface area contributed by atoms with E-state index in [0.29, 0.717) is 6.54 Å². The number of benzene rings is 1. The van der Waals surface area contributed by atoms with Gasteiger partial charge >= 0.3 is 5.97 Å². The van der Waals surface area contributed by atoms with E-state index in [0.717, 1.165) is 12.8 Å². The molecule has 19 heavy (non-hydrogen) atoms. The van der Waals surface area contributed by atoms with Crippen LogP contribution in [0.3, 0.4) is 0 Å². The molecule has 1 aromatic carbocycles. The average Bonchev–Trinajstić information content (AvgIpc) is 2.83. The van der Waals surface area contributed by atoms with Gasteiger partial charge in [0, 0.05) is 6.54 Å². The topological polar surface area (TPSA) is 66.4 Å². The van der Waals surface area contributed by atoms with Gasteiger partial charge in [0.25, 0.3) is 5.91 Å². The summed E-state index contributed by atoms with van der Waals surface area (Å²) in [6.07, 6.45) is 4.65. The number of carbonyl (C=O) groups excluding carboxylic acids is 1. The minimum Gasteiger partial charge on any atom is -0.478 e. The molecule has 1 fully saturated rings. The summed E-state index contributed by atoms with van der Waals surface area (Å²) in [6, 6.07) is 6.31. The summed E-state index contributed by atoms with van der Waals surface area (Å²) in [5.74, 6) is -1.37. The van der Waals surface area contributed by atoms with E-state index < -0.39 is 5.97 Å². The van der Waals surface area contributed by atoms with Crippen LogP contribution in [-0.4, -0.2) is 23.5 Å². The zero-order chi connectivity index (χ0) is 13.9. The second-order valence-corrected chi connectivity index (χ2v) is 5.55. The number of carboxylic acid groups (broad SMARTS) is 1. The third-order valence-electron chi connectivity index (χ3n) is 3.89. The fourth-order valence-electron chi connectivity index (χ4n) is 2.66. The standard InChI is InChI=1S/C15H19NO3/c1-15(8-4-5-9-15)10-16-13(17)11-6-2-3-7-12(11)14(18)19/h2-3,6-7H,4-5,8-10H2,1H3,(H,16,17)(H,18,19). The highest BCUT2D eigenvalue weighted by molar-refractivity contribution is 6.04. The Morgan fingerprint density at radius 2 is 1.79 bits per heavy atom. The lowest BCUT2D eigenvalue weighted by Crippen LogP contribution is -2.34. The van der Waals surface area contributed by atoms with Crippen LogP contribution in [0.15, 0.2) is 24.3 Å². The minimum atomic E-state index is -1.07. The molecular formula is C15H19NO3. The molecule has 2 rings (SSSR count). The lowest BCUT2D eigenvalue weighted by atomic mass is 9.89. The van der Waals surface area contributed by atoms with Crippen molar-refractivity contribution in [1.29, 1.82) is 0 Å². The fraction of sp³-hybridized carbons (Fsp3) is 0.467. The fourth-order valence-corrected chi connectivity index (χ4v) is 2.66. The normalized spacial score (nSPS) is 17.1. The van der Waals surface area contributed by atoms with Gasteiger partial charge in [0.1, 0.15) is 0 Å². The Morgan fingerprint density at radius 3 is 2.37 bits per heavy atom. The van der Waals surface area contributed by atoms with Gasteiger partial charge in [-0.3, -0.25) is 4.79 Å². The van der Waals surface area contributed by atoms with Crippen molar-refractivity contribution < 1.29 is 14.7 Å². The van der Waals surface area contributed by atoms with Crippen molar-refractivity contribution in [2.75, 3.05) is 6.54 Å². The van der Waals surface area contributed by atoms with Crippen LogP contribution in [0.2, 0.25) is 0 Å². The number of rotatable bonds is 4. The number of carboxylic acids is 1. The van der Waals surface area contributed by atoms with Crippen LogP contribution >= 0.6 is 0 Å². The largest absolute Gasteiger partial charge is 0.478 e. The molecule has 1 saturated carbocycles. The summed E-state index contributed by atoms with van der Waals surface area (Å²) in [5, 5.41) is 11.9. The van der Waals surface area contributed by atoms with E-state index in [2.05, 4.69) is 12.2 Å². The molecule has 2 N–H and O–H groups in total.